The normalized spacial score (nSPS) is 15.2. The van der Waals surface area contributed by atoms with Crippen molar-refractivity contribution in [3.8, 4) is 0 Å². The lowest BCUT2D eigenvalue weighted by atomic mass is 9.75. The molecule has 0 bridgehead atoms. The largest absolute Gasteiger partial charge is 0.382 e. The van der Waals surface area contributed by atoms with Crippen LogP contribution in [-0.2, 0) is 9.47 Å². The van der Waals surface area contributed by atoms with Crippen molar-refractivity contribution in [2.75, 3.05) is 40.0 Å². The summed E-state index contributed by atoms with van der Waals surface area (Å²) in [5, 5.41) is 3.61. The van der Waals surface area contributed by atoms with Gasteiger partial charge in [0, 0.05) is 20.3 Å². The summed E-state index contributed by atoms with van der Waals surface area (Å²) in [6, 6.07) is 0. The fourth-order valence-electron chi connectivity index (χ4n) is 2.05. The van der Waals surface area contributed by atoms with Gasteiger partial charge in [-0.25, -0.2) is 0 Å². The highest BCUT2D eigenvalue weighted by Gasteiger charge is 2.27. The SMILES string of the molecule is COCCOCCCC(C)(CNCC(C)C)C(C)C. The molecule has 0 aliphatic heterocycles. The summed E-state index contributed by atoms with van der Waals surface area (Å²) in [7, 11) is 1.71. The Morgan fingerprint density at radius 2 is 1.74 bits per heavy atom. The Kier molecular flexibility index (Phi) is 10.6. The van der Waals surface area contributed by atoms with Crippen molar-refractivity contribution in [3.05, 3.63) is 0 Å². The van der Waals surface area contributed by atoms with Crippen LogP contribution in [0.3, 0.4) is 0 Å². The number of hydrogen-bond acceptors (Lipinski definition) is 3. The van der Waals surface area contributed by atoms with Gasteiger partial charge >= 0.3 is 0 Å². The van der Waals surface area contributed by atoms with Crippen LogP contribution in [0.5, 0.6) is 0 Å². The van der Waals surface area contributed by atoms with Crippen LogP contribution in [-0.4, -0.2) is 40.0 Å². The molecule has 0 aromatic heterocycles. The van der Waals surface area contributed by atoms with Gasteiger partial charge in [-0.05, 0) is 36.6 Å². The van der Waals surface area contributed by atoms with E-state index in [1.165, 1.54) is 6.42 Å². The molecule has 0 aromatic rings. The first-order valence-corrected chi connectivity index (χ1v) is 7.69. The minimum Gasteiger partial charge on any atom is -0.382 e. The predicted molar refractivity (Wildman–Crippen MR) is 82.6 cm³/mol. The van der Waals surface area contributed by atoms with E-state index in [-0.39, 0.29) is 0 Å². The van der Waals surface area contributed by atoms with Crippen LogP contribution in [0.25, 0.3) is 0 Å². The molecule has 1 atom stereocenters. The molecular formula is C16H35NO2. The first-order valence-electron chi connectivity index (χ1n) is 7.69. The highest BCUT2D eigenvalue weighted by Crippen LogP contribution is 2.31. The summed E-state index contributed by atoms with van der Waals surface area (Å²) in [4.78, 5) is 0. The quantitative estimate of drug-likeness (QED) is 0.553. The molecule has 0 heterocycles. The average molecular weight is 273 g/mol. The van der Waals surface area contributed by atoms with Gasteiger partial charge in [0.05, 0.1) is 13.2 Å². The van der Waals surface area contributed by atoms with Crippen molar-refractivity contribution >= 4 is 0 Å². The maximum absolute atomic E-state index is 5.55. The summed E-state index contributed by atoms with van der Waals surface area (Å²) in [6.07, 6.45) is 2.34. The van der Waals surface area contributed by atoms with E-state index < -0.39 is 0 Å². The van der Waals surface area contributed by atoms with E-state index in [2.05, 4.69) is 39.9 Å². The standard InChI is InChI=1S/C16H35NO2/c1-14(2)12-17-13-16(5,15(3)4)8-7-9-19-11-10-18-6/h14-15,17H,7-13H2,1-6H3. The fraction of sp³-hybridized carbons (Fsp3) is 1.00. The zero-order valence-corrected chi connectivity index (χ0v) is 13.9. The molecule has 0 aromatic carbocycles. The summed E-state index contributed by atoms with van der Waals surface area (Å²) >= 11 is 0. The maximum atomic E-state index is 5.55. The molecule has 0 saturated heterocycles. The average Bonchev–Trinajstić information content (AvgIpc) is 2.33. The molecule has 116 valence electrons. The molecule has 1 unspecified atom stereocenters. The highest BCUT2D eigenvalue weighted by molar-refractivity contribution is 4.80. The highest BCUT2D eigenvalue weighted by atomic mass is 16.5. The topological polar surface area (TPSA) is 30.5 Å². The molecule has 3 nitrogen and oxygen atoms in total. The van der Waals surface area contributed by atoms with Gasteiger partial charge < -0.3 is 14.8 Å². The Hall–Kier alpha value is -0.120. The van der Waals surface area contributed by atoms with E-state index in [1.54, 1.807) is 7.11 Å². The predicted octanol–water partition coefficient (Wildman–Crippen LogP) is 3.34. The Bertz CT molecular complexity index is 207. The van der Waals surface area contributed by atoms with Gasteiger partial charge in [-0.15, -0.1) is 0 Å². The van der Waals surface area contributed by atoms with Gasteiger partial charge in [-0.2, -0.15) is 0 Å². The molecule has 0 rings (SSSR count). The van der Waals surface area contributed by atoms with Crippen LogP contribution < -0.4 is 5.32 Å². The van der Waals surface area contributed by atoms with Gasteiger partial charge in [-0.3, -0.25) is 0 Å². The summed E-state index contributed by atoms with van der Waals surface area (Å²) in [6.45, 7) is 16.0. The van der Waals surface area contributed by atoms with Crippen LogP contribution in [0.4, 0.5) is 0 Å². The third-order valence-electron chi connectivity index (χ3n) is 3.94. The molecule has 0 radical (unpaired) electrons. The molecule has 0 saturated carbocycles. The lowest BCUT2D eigenvalue weighted by Crippen LogP contribution is -2.37. The molecule has 0 aliphatic rings. The molecule has 0 spiro atoms. The third kappa shape index (κ3) is 9.42. The van der Waals surface area contributed by atoms with E-state index in [1.807, 2.05) is 0 Å². The second kappa shape index (κ2) is 10.6. The number of nitrogens with one attached hydrogen (secondary N) is 1. The van der Waals surface area contributed by atoms with Gasteiger partial charge in [0.25, 0.3) is 0 Å². The van der Waals surface area contributed by atoms with Crippen molar-refractivity contribution in [2.24, 2.45) is 17.3 Å². The second-order valence-corrected chi connectivity index (χ2v) is 6.54. The molecule has 1 N–H and O–H groups in total. The molecule has 3 heteroatoms. The van der Waals surface area contributed by atoms with Crippen molar-refractivity contribution in [2.45, 2.75) is 47.5 Å². The van der Waals surface area contributed by atoms with Crippen LogP contribution in [0, 0.1) is 17.3 Å². The minimum absolute atomic E-state index is 0.361. The number of methoxy groups -OCH3 is 1. The second-order valence-electron chi connectivity index (χ2n) is 6.54. The van der Waals surface area contributed by atoms with E-state index in [0.717, 1.165) is 26.1 Å². The number of hydrogen-bond donors (Lipinski definition) is 1. The van der Waals surface area contributed by atoms with Gasteiger partial charge in [0.2, 0.25) is 0 Å². The van der Waals surface area contributed by atoms with Crippen molar-refractivity contribution in [1.82, 2.24) is 5.32 Å². The van der Waals surface area contributed by atoms with E-state index in [9.17, 15) is 0 Å². The number of rotatable bonds is 12. The van der Waals surface area contributed by atoms with Crippen molar-refractivity contribution in [1.29, 1.82) is 0 Å². The Labute approximate surface area is 120 Å². The first-order chi connectivity index (χ1) is 8.92. The molecule has 0 fully saturated rings. The lowest BCUT2D eigenvalue weighted by molar-refractivity contribution is 0.0606. The zero-order valence-electron chi connectivity index (χ0n) is 13.9. The van der Waals surface area contributed by atoms with E-state index in [4.69, 9.17) is 9.47 Å². The Balaban J connectivity index is 3.88. The Morgan fingerprint density at radius 3 is 2.26 bits per heavy atom. The Morgan fingerprint density at radius 1 is 1.05 bits per heavy atom. The van der Waals surface area contributed by atoms with Crippen LogP contribution in [0.1, 0.15) is 47.5 Å². The van der Waals surface area contributed by atoms with Gasteiger partial charge in [0.1, 0.15) is 0 Å². The van der Waals surface area contributed by atoms with Crippen molar-refractivity contribution in [3.63, 3.8) is 0 Å². The summed E-state index contributed by atoms with van der Waals surface area (Å²) < 4.78 is 10.5. The van der Waals surface area contributed by atoms with Crippen LogP contribution in [0.2, 0.25) is 0 Å². The zero-order chi connectivity index (χ0) is 14.7. The van der Waals surface area contributed by atoms with E-state index in [0.29, 0.717) is 30.5 Å². The first kappa shape index (κ1) is 18.9. The monoisotopic (exact) mass is 273 g/mol. The molecule has 0 aliphatic carbocycles. The molecule has 0 amide bonds. The maximum Gasteiger partial charge on any atom is 0.0700 e. The lowest BCUT2D eigenvalue weighted by Gasteiger charge is -2.34. The van der Waals surface area contributed by atoms with Crippen molar-refractivity contribution < 1.29 is 9.47 Å². The van der Waals surface area contributed by atoms with Crippen LogP contribution in [0.15, 0.2) is 0 Å². The summed E-state index contributed by atoms with van der Waals surface area (Å²) in [5.41, 5.74) is 0.361. The van der Waals surface area contributed by atoms with Crippen LogP contribution >= 0.6 is 0 Å². The van der Waals surface area contributed by atoms with Gasteiger partial charge in [-0.1, -0.05) is 34.6 Å². The molecule has 19 heavy (non-hydrogen) atoms. The smallest absolute Gasteiger partial charge is 0.0700 e. The summed E-state index contributed by atoms with van der Waals surface area (Å²) in [5.74, 6) is 1.40. The fourth-order valence-corrected chi connectivity index (χ4v) is 2.05. The number of ether oxygens (including phenoxy) is 2. The third-order valence-corrected chi connectivity index (χ3v) is 3.94. The minimum atomic E-state index is 0.361. The van der Waals surface area contributed by atoms with E-state index >= 15 is 0 Å². The van der Waals surface area contributed by atoms with Gasteiger partial charge in [0.15, 0.2) is 0 Å². The molecular weight excluding hydrogens is 238 g/mol.